The molecule has 1 fully saturated rings. The smallest absolute Gasteiger partial charge is 0.344 e. The average Bonchev–Trinajstić information content (AvgIpc) is 3.03. The molecule has 30 heavy (non-hydrogen) atoms. The van der Waals surface area contributed by atoms with Gasteiger partial charge in [-0.15, -0.1) is 0 Å². The van der Waals surface area contributed by atoms with E-state index < -0.39 is 0 Å². The number of hydrogen-bond donors (Lipinski definition) is 2. The number of rotatable bonds is 11. The first kappa shape index (κ1) is 23.1. The standard InChI is InChI=1S/C25H38O5/c1-3-5-6-9-19(26)11-12-20-21-13-17-8-7-10-24(30-16-25(28)29-4-2)22(17)14-18(21)15-23(20)27/h7-8,10,18-21,23,26-27H,3-6,9,11-16H2,1-2H3/t18-,19+,20+,21-,23+/m0/s1. The maximum atomic E-state index is 11.7. The van der Waals surface area contributed by atoms with E-state index in [0.29, 0.717) is 18.4 Å². The number of esters is 1. The number of aliphatic hydroxyl groups is 2. The maximum absolute atomic E-state index is 11.7. The monoisotopic (exact) mass is 418 g/mol. The zero-order valence-electron chi connectivity index (χ0n) is 18.5. The van der Waals surface area contributed by atoms with Crippen LogP contribution in [0.15, 0.2) is 18.2 Å². The lowest BCUT2D eigenvalue weighted by Crippen LogP contribution is -2.28. The molecule has 0 spiro atoms. The molecule has 0 aromatic heterocycles. The van der Waals surface area contributed by atoms with Crippen LogP contribution in [0.2, 0.25) is 0 Å². The third-order valence-electron chi connectivity index (χ3n) is 6.97. The molecule has 0 unspecified atom stereocenters. The molecule has 2 N–H and O–H groups in total. The van der Waals surface area contributed by atoms with Crippen LogP contribution >= 0.6 is 0 Å². The first-order valence-electron chi connectivity index (χ1n) is 11.8. The fourth-order valence-electron chi connectivity index (χ4n) is 5.44. The van der Waals surface area contributed by atoms with Gasteiger partial charge in [0.15, 0.2) is 6.61 Å². The molecule has 0 aliphatic heterocycles. The number of unbranched alkanes of at least 4 members (excludes halogenated alkanes) is 2. The van der Waals surface area contributed by atoms with Gasteiger partial charge in [0, 0.05) is 0 Å². The van der Waals surface area contributed by atoms with Crippen LogP contribution in [0.4, 0.5) is 0 Å². The van der Waals surface area contributed by atoms with Gasteiger partial charge < -0.3 is 19.7 Å². The van der Waals surface area contributed by atoms with Crippen LogP contribution in [-0.2, 0) is 22.4 Å². The quantitative estimate of drug-likeness (QED) is 0.419. The first-order valence-corrected chi connectivity index (χ1v) is 11.8. The van der Waals surface area contributed by atoms with Crippen molar-refractivity contribution >= 4 is 5.97 Å². The van der Waals surface area contributed by atoms with Crippen LogP contribution in [0.25, 0.3) is 0 Å². The van der Waals surface area contributed by atoms with E-state index >= 15 is 0 Å². The van der Waals surface area contributed by atoms with E-state index in [2.05, 4.69) is 13.0 Å². The van der Waals surface area contributed by atoms with E-state index in [1.165, 1.54) is 24.0 Å². The fraction of sp³-hybridized carbons (Fsp3) is 0.720. The summed E-state index contributed by atoms with van der Waals surface area (Å²) in [5.41, 5.74) is 2.44. The van der Waals surface area contributed by atoms with Crippen LogP contribution in [0.1, 0.15) is 69.9 Å². The number of fused-ring (bicyclic) bond motifs is 2. The van der Waals surface area contributed by atoms with Crippen molar-refractivity contribution in [2.24, 2.45) is 17.8 Å². The van der Waals surface area contributed by atoms with Crippen molar-refractivity contribution in [2.45, 2.75) is 83.8 Å². The third-order valence-corrected chi connectivity index (χ3v) is 6.97. The summed E-state index contributed by atoms with van der Waals surface area (Å²) in [7, 11) is 0. The third kappa shape index (κ3) is 5.76. The molecule has 1 aromatic rings. The summed E-state index contributed by atoms with van der Waals surface area (Å²) in [5, 5.41) is 21.1. The Morgan fingerprint density at radius 3 is 2.80 bits per heavy atom. The molecule has 5 heteroatoms. The van der Waals surface area contributed by atoms with Gasteiger partial charge in [0.1, 0.15) is 5.75 Å². The highest BCUT2D eigenvalue weighted by atomic mass is 16.6. The van der Waals surface area contributed by atoms with Gasteiger partial charge in [0.2, 0.25) is 0 Å². The number of benzene rings is 1. The van der Waals surface area contributed by atoms with Gasteiger partial charge in [-0.05, 0) is 80.4 Å². The summed E-state index contributed by atoms with van der Waals surface area (Å²) in [4.78, 5) is 11.7. The SMILES string of the molecule is CCCCC[C@@H](O)CC[C@@H]1[C@H]2Cc3cccc(OCC(=O)OCC)c3C[C@H]2C[C@H]1O. The molecular weight excluding hydrogens is 380 g/mol. The lowest BCUT2D eigenvalue weighted by molar-refractivity contribution is -0.145. The van der Waals surface area contributed by atoms with E-state index in [1.54, 1.807) is 6.92 Å². The predicted octanol–water partition coefficient (Wildman–Crippen LogP) is 4.06. The van der Waals surface area contributed by atoms with Gasteiger partial charge in [-0.1, -0.05) is 38.3 Å². The summed E-state index contributed by atoms with van der Waals surface area (Å²) in [6, 6.07) is 6.05. The normalized spacial score (nSPS) is 26.0. The largest absolute Gasteiger partial charge is 0.482 e. The molecule has 0 amide bonds. The molecule has 5 nitrogen and oxygen atoms in total. The predicted molar refractivity (Wildman–Crippen MR) is 116 cm³/mol. The molecule has 0 radical (unpaired) electrons. The van der Waals surface area contributed by atoms with Gasteiger partial charge in [-0.25, -0.2) is 4.79 Å². The second-order valence-corrected chi connectivity index (χ2v) is 9.01. The van der Waals surface area contributed by atoms with Crippen LogP contribution in [0, 0.1) is 17.8 Å². The number of hydrogen-bond acceptors (Lipinski definition) is 5. The van der Waals surface area contributed by atoms with E-state index in [1.807, 2.05) is 12.1 Å². The van der Waals surface area contributed by atoms with Gasteiger partial charge in [-0.3, -0.25) is 0 Å². The minimum absolute atomic E-state index is 0.0699. The van der Waals surface area contributed by atoms with Crippen molar-refractivity contribution in [3.8, 4) is 5.75 Å². The van der Waals surface area contributed by atoms with E-state index in [4.69, 9.17) is 9.47 Å². The number of aliphatic hydroxyl groups excluding tert-OH is 2. The number of carbonyl (C=O) groups is 1. The van der Waals surface area contributed by atoms with Gasteiger partial charge >= 0.3 is 5.97 Å². The average molecular weight is 419 g/mol. The van der Waals surface area contributed by atoms with Crippen LogP contribution in [0.5, 0.6) is 5.75 Å². The van der Waals surface area contributed by atoms with E-state index in [9.17, 15) is 15.0 Å². The topological polar surface area (TPSA) is 76.0 Å². The summed E-state index contributed by atoms with van der Waals surface area (Å²) in [6.07, 6.45) is 8.06. The number of ether oxygens (including phenoxy) is 2. The Labute approximate surface area is 180 Å². The molecular formula is C25H38O5. The fourth-order valence-corrected chi connectivity index (χ4v) is 5.44. The molecule has 3 rings (SSSR count). The molecule has 5 atom stereocenters. The Kier molecular flexibility index (Phi) is 8.58. The number of carbonyl (C=O) groups excluding carboxylic acids is 1. The van der Waals surface area contributed by atoms with Crippen molar-refractivity contribution in [2.75, 3.05) is 13.2 Å². The van der Waals surface area contributed by atoms with Crippen molar-refractivity contribution in [1.82, 2.24) is 0 Å². The highest BCUT2D eigenvalue weighted by Gasteiger charge is 2.44. The molecule has 168 valence electrons. The van der Waals surface area contributed by atoms with Crippen molar-refractivity contribution in [1.29, 1.82) is 0 Å². The van der Waals surface area contributed by atoms with Gasteiger partial charge in [0.05, 0.1) is 18.8 Å². The van der Waals surface area contributed by atoms with Crippen molar-refractivity contribution in [3.05, 3.63) is 29.3 Å². The zero-order valence-corrected chi connectivity index (χ0v) is 18.5. The molecule has 1 saturated carbocycles. The van der Waals surface area contributed by atoms with Crippen LogP contribution in [-0.4, -0.2) is 41.6 Å². The molecule has 0 saturated heterocycles. The molecule has 0 bridgehead atoms. The second kappa shape index (κ2) is 11.1. The Morgan fingerprint density at radius 2 is 2.03 bits per heavy atom. The summed E-state index contributed by atoms with van der Waals surface area (Å²) >= 11 is 0. The highest BCUT2D eigenvalue weighted by molar-refractivity contribution is 5.71. The summed E-state index contributed by atoms with van der Waals surface area (Å²) in [5.74, 6) is 1.56. The summed E-state index contributed by atoms with van der Waals surface area (Å²) in [6.45, 7) is 4.25. The van der Waals surface area contributed by atoms with E-state index in [0.717, 1.165) is 50.7 Å². The minimum atomic E-state index is -0.349. The van der Waals surface area contributed by atoms with Gasteiger partial charge in [0.25, 0.3) is 0 Å². The molecule has 2 aliphatic rings. The second-order valence-electron chi connectivity index (χ2n) is 9.01. The Balaban J connectivity index is 1.60. The van der Waals surface area contributed by atoms with Crippen LogP contribution < -0.4 is 4.74 Å². The molecule has 0 heterocycles. The Morgan fingerprint density at radius 1 is 1.20 bits per heavy atom. The van der Waals surface area contributed by atoms with E-state index in [-0.39, 0.29) is 30.7 Å². The molecule has 2 aliphatic carbocycles. The minimum Gasteiger partial charge on any atom is -0.482 e. The lowest BCUT2D eigenvalue weighted by atomic mass is 9.73. The summed E-state index contributed by atoms with van der Waals surface area (Å²) < 4.78 is 10.7. The lowest BCUT2D eigenvalue weighted by Gasteiger charge is -2.32. The Hall–Kier alpha value is -1.59. The maximum Gasteiger partial charge on any atom is 0.344 e. The zero-order chi connectivity index (χ0) is 21.5. The molecule has 1 aromatic carbocycles. The van der Waals surface area contributed by atoms with Crippen LogP contribution in [0.3, 0.4) is 0 Å². The Bertz CT molecular complexity index is 688. The van der Waals surface area contributed by atoms with Crippen molar-refractivity contribution in [3.63, 3.8) is 0 Å². The van der Waals surface area contributed by atoms with Crippen molar-refractivity contribution < 1.29 is 24.5 Å². The van der Waals surface area contributed by atoms with Gasteiger partial charge in [-0.2, -0.15) is 0 Å². The highest BCUT2D eigenvalue weighted by Crippen LogP contribution is 2.48. The first-order chi connectivity index (χ1) is 14.5.